The summed E-state index contributed by atoms with van der Waals surface area (Å²) in [6, 6.07) is 0. The van der Waals surface area contributed by atoms with Gasteiger partial charge in [0.1, 0.15) is 23.4 Å². The number of amides is 3. The van der Waals surface area contributed by atoms with Crippen molar-refractivity contribution < 1.29 is 33.3 Å². The van der Waals surface area contributed by atoms with Crippen molar-refractivity contribution in [3.8, 4) is 0 Å². The van der Waals surface area contributed by atoms with Gasteiger partial charge >= 0.3 is 6.09 Å². The summed E-state index contributed by atoms with van der Waals surface area (Å²) in [5.74, 6) is -0.141. The molecular formula is C29H50N4O7. The van der Waals surface area contributed by atoms with Crippen molar-refractivity contribution in [3.63, 3.8) is 0 Å². The lowest BCUT2D eigenvalue weighted by atomic mass is 9.68. The van der Waals surface area contributed by atoms with Crippen LogP contribution in [0.2, 0.25) is 0 Å². The molecule has 1 spiro atoms. The van der Waals surface area contributed by atoms with Crippen LogP contribution in [0.25, 0.3) is 0 Å². The van der Waals surface area contributed by atoms with E-state index in [4.69, 9.17) is 18.9 Å². The Balaban J connectivity index is 1.32. The first-order valence-electron chi connectivity index (χ1n) is 14.8. The molecule has 40 heavy (non-hydrogen) atoms. The van der Waals surface area contributed by atoms with E-state index in [1.54, 1.807) is 14.2 Å². The fourth-order valence-corrected chi connectivity index (χ4v) is 5.90. The maximum absolute atomic E-state index is 12.6. The van der Waals surface area contributed by atoms with Gasteiger partial charge in [0.25, 0.3) is 0 Å². The van der Waals surface area contributed by atoms with E-state index in [0.29, 0.717) is 32.7 Å². The number of carbonyl (C=O) groups excluding carboxylic acids is 3. The molecule has 3 amide bonds. The molecule has 0 aromatic carbocycles. The van der Waals surface area contributed by atoms with E-state index in [-0.39, 0.29) is 54.1 Å². The summed E-state index contributed by atoms with van der Waals surface area (Å²) in [5.41, 5.74) is 0.598. The minimum atomic E-state index is -0.545. The molecule has 0 bridgehead atoms. The molecule has 4 N–H and O–H groups in total. The Bertz CT molecular complexity index is 890. The molecule has 11 nitrogen and oxygen atoms in total. The van der Waals surface area contributed by atoms with Crippen LogP contribution in [0.15, 0.2) is 11.6 Å². The van der Waals surface area contributed by atoms with Gasteiger partial charge in [-0.3, -0.25) is 9.59 Å². The lowest BCUT2D eigenvalue weighted by Crippen LogP contribution is -2.56. The molecule has 0 aromatic rings. The number of alkyl carbamates (subject to hydrolysis) is 1. The highest BCUT2D eigenvalue weighted by Crippen LogP contribution is 2.59. The van der Waals surface area contributed by atoms with Gasteiger partial charge in [-0.25, -0.2) is 4.79 Å². The smallest absolute Gasteiger partial charge is 0.407 e. The van der Waals surface area contributed by atoms with E-state index in [1.165, 1.54) is 5.57 Å². The maximum atomic E-state index is 12.6. The fourth-order valence-electron chi connectivity index (χ4n) is 5.90. The Kier molecular flexibility index (Phi) is 12.2. The summed E-state index contributed by atoms with van der Waals surface area (Å²) >= 11 is 0. The highest BCUT2D eigenvalue weighted by molar-refractivity contribution is 5.78. The molecule has 3 fully saturated rings. The molecule has 1 saturated carbocycles. The van der Waals surface area contributed by atoms with Gasteiger partial charge in [0.15, 0.2) is 0 Å². The van der Waals surface area contributed by atoms with Crippen LogP contribution in [0.4, 0.5) is 4.79 Å². The van der Waals surface area contributed by atoms with Crippen LogP contribution in [0.5, 0.6) is 0 Å². The van der Waals surface area contributed by atoms with Crippen molar-refractivity contribution in [2.45, 2.75) is 102 Å². The fraction of sp³-hybridized carbons (Fsp3) is 0.828. The predicted octanol–water partition coefficient (Wildman–Crippen LogP) is 2.19. The maximum Gasteiger partial charge on any atom is 0.407 e. The second-order valence-electron chi connectivity index (χ2n) is 11.6. The number of epoxide rings is 2. The van der Waals surface area contributed by atoms with Crippen LogP contribution in [-0.2, 0) is 28.5 Å². The molecule has 0 aromatic heterocycles. The number of hydrogen-bond acceptors (Lipinski definition) is 8. The highest BCUT2D eigenvalue weighted by Gasteiger charge is 2.72. The van der Waals surface area contributed by atoms with Crippen molar-refractivity contribution in [2.75, 3.05) is 46.9 Å². The van der Waals surface area contributed by atoms with Crippen molar-refractivity contribution in [1.82, 2.24) is 21.3 Å². The number of methoxy groups -OCH3 is 1. The SMILES string of the molecule is CNCC(=O)NCCCCCCNC(=O)CCNC(=O)OC1CC[C@]2(CO2)C(C2(C)O[C@@H]2CC=C(C)C)C1OC. The van der Waals surface area contributed by atoms with E-state index in [0.717, 1.165) is 38.5 Å². The number of carbonyl (C=O) groups is 3. The Morgan fingerprint density at radius 1 is 1.00 bits per heavy atom. The molecule has 2 aliphatic heterocycles. The molecule has 1 aliphatic carbocycles. The second kappa shape index (κ2) is 15.1. The molecule has 2 saturated heterocycles. The second-order valence-corrected chi connectivity index (χ2v) is 11.6. The third-order valence-corrected chi connectivity index (χ3v) is 8.20. The number of hydrogen-bond donors (Lipinski definition) is 4. The summed E-state index contributed by atoms with van der Waals surface area (Å²) in [6.07, 6.45) is 7.20. The average molecular weight is 567 g/mol. The quantitative estimate of drug-likeness (QED) is 0.119. The summed E-state index contributed by atoms with van der Waals surface area (Å²) in [7, 11) is 3.39. The Morgan fingerprint density at radius 3 is 2.27 bits per heavy atom. The van der Waals surface area contributed by atoms with E-state index in [1.807, 2.05) is 0 Å². The standard InChI is InChI=1S/C29H50N4O7/c1-20(2)10-11-22-28(3,40-22)26-25(37-5)21(12-14-29(26)19-38-29)39-27(36)33-17-13-23(34)31-15-8-6-7-9-16-32-24(35)18-30-4/h10,21-22,25-26,30H,6-9,11-19H2,1-5H3,(H,31,34)(H,32,35)(H,33,36)/t21?,22-,25?,26?,28?,29+/m1/s1. The highest BCUT2D eigenvalue weighted by atomic mass is 16.6. The molecule has 11 heteroatoms. The van der Waals surface area contributed by atoms with Gasteiger partial charge < -0.3 is 40.2 Å². The first-order valence-corrected chi connectivity index (χ1v) is 14.8. The van der Waals surface area contributed by atoms with Gasteiger partial charge in [-0.1, -0.05) is 24.5 Å². The van der Waals surface area contributed by atoms with Crippen molar-refractivity contribution in [1.29, 1.82) is 0 Å². The number of rotatable bonds is 17. The van der Waals surface area contributed by atoms with Gasteiger partial charge in [0.2, 0.25) is 11.8 Å². The molecule has 3 rings (SSSR count). The molecule has 0 radical (unpaired) electrons. The zero-order valence-electron chi connectivity index (χ0n) is 24.9. The minimum Gasteiger partial charge on any atom is -0.443 e. The number of unbranched alkanes of at least 4 members (excludes halogenated alkanes) is 3. The van der Waals surface area contributed by atoms with E-state index in [9.17, 15) is 14.4 Å². The summed E-state index contributed by atoms with van der Waals surface area (Å²) < 4.78 is 23.9. The van der Waals surface area contributed by atoms with Gasteiger partial charge in [-0.2, -0.15) is 0 Å². The van der Waals surface area contributed by atoms with Crippen LogP contribution in [-0.4, -0.2) is 94.4 Å². The Labute approximate surface area is 238 Å². The lowest BCUT2D eigenvalue weighted by Gasteiger charge is -2.42. The van der Waals surface area contributed by atoms with Gasteiger partial charge in [-0.15, -0.1) is 0 Å². The topological polar surface area (TPSA) is 143 Å². The Hall–Kier alpha value is -2.21. The van der Waals surface area contributed by atoms with Crippen molar-refractivity contribution >= 4 is 17.9 Å². The normalized spacial score (nSPS) is 30.3. The van der Waals surface area contributed by atoms with Gasteiger partial charge in [0.05, 0.1) is 25.2 Å². The van der Waals surface area contributed by atoms with Crippen LogP contribution in [0.3, 0.4) is 0 Å². The van der Waals surface area contributed by atoms with Crippen LogP contribution in [0.1, 0.15) is 72.1 Å². The number of likely N-dealkylation sites (N-methyl/N-ethyl adjacent to an activating group) is 1. The molecule has 3 aliphatic rings. The molecule has 4 unspecified atom stereocenters. The van der Waals surface area contributed by atoms with Crippen molar-refractivity contribution in [3.05, 3.63) is 11.6 Å². The first-order chi connectivity index (χ1) is 19.1. The van der Waals surface area contributed by atoms with E-state index >= 15 is 0 Å². The van der Waals surface area contributed by atoms with E-state index in [2.05, 4.69) is 48.1 Å². The first kappa shape index (κ1) is 32.3. The third kappa shape index (κ3) is 9.15. The number of allylic oxidation sites excluding steroid dienone is 1. The van der Waals surface area contributed by atoms with Crippen LogP contribution >= 0.6 is 0 Å². The van der Waals surface area contributed by atoms with Crippen molar-refractivity contribution in [2.24, 2.45) is 5.92 Å². The molecule has 228 valence electrons. The largest absolute Gasteiger partial charge is 0.443 e. The van der Waals surface area contributed by atoms with E-state index < -0.39 is 12.2 Å². The number of ether oxygens (including phenoxy) is 4. The van der Waals surface area contributed by atoms with Crippen LogP contribution < -0.4 is 21.3 Å². The zero-order chi connectivity index (χ0) is 29.2. The lowest BCUT2D eigenvalue weighted by molar-refractivity contribution is -0.121. The predicted molar refractivity (Wildman–Crippen MR) is 151 cm³/mol. The molecule has 6 atom stereocenters. The molecular weight excluding hydrogens is 516 g/mol. The van der Waals surface area contributed by atoms with Gasteiger partial charge in [-0.05, 0) is 59.9 Å². The number of nitrogens with one attached hydrogen (secondary N) is 4. The zero-order valence-corrected chi connectivity index (χ0v) is 24.9. The monoisotopic (exact) mass is 566 g/mol. The molecule has 2 heterocycles. The summed E-state index contributed by atoms with van der Waals surface area (Å²) in [4.78, 5) is 36.1. The summed E-state index contributed by atoms with van der Waals surface area (Å²) in [6.45, 7) is 8.73. The summed E-state index contributed by atoms with van der Waals surface area (Å²) in [5, 5.41) is 11.3. The van der Waals surface area contributed by atoms with Crippen LogP contribution in [0, 0.1) is 5.92 Å². The average Bonchev–Trinajstić information content (AvgIpc) is 3.82. The minimum absolute atomic E-state index is 0.000948. The van der Waals surface area contributed by atoms with Gasteiger partial charge in [0, 0.05) is 33.2 Å². The Morgan fingerprint density at radius 2 is 1.68 bits per heavy atom. The third-order valence-electron chi connectivity index (χ3n) is 8.20.